The summed E-state index contributed by atoms with van der Waals surface area (Å²) in [4.78, 5) is 15.5. The number of carbonyl (C=O) groups is 1. The van der Waals surface area contributed by atoms with Gasteiger partial charge in [-0.1, -0.05) is 28.7 Å². The second-order valence-electron chi connectivity index (χ2n) is 9.61. The van der Waals surface area contributed by atoms with Crippen molar-refractivity contribution >= 4 is 28.4 Å². The lowest BCUT2D eigenvalue weighted by atomic mass is 9.96. The molecule has 0 spiro atoms. The molecule has 2 aromatic heterocycles. The standard InChI is InChI=1S/C29H23F2N3O4S2.H3N/c1-16(2)3-7-19-14-20(8-9-22(19)30)27-21(11-18-6-10-26(40(37)38)23(31)12-18)25(13-17-4-5-17)34(33-27)29-32-24(15-39-29)28(35)36;/h6,8-10,12,14-15,17H,1,4-5,11,13H2,2H3,(H,35,36)(H,37,38);1H3/p+1. The highest BCUT2D eigenvalue weighted by atomic mass is 32.2. The number of benzene rings is 2. The smallest absolute Gasteiger partial charge is 0.355 e. The summed E-state index contributed by atoms with van der Waals surface area (Å²) in [6.45, 7) is 5.46. The number of thiol groups is 1. The minimum absolute atomic E-state index is 0. The van der Waals surface area contributed by atoms with Gasteiger partial charge in [0.1, 0.15) is 5.82 Å². The first-order valence-electron chi connectivity index (χ1n) is 12.3. The SMILES string of the molecule is C=C(C)C#Cc1cc(-c2nn(-c3nc(C(=O)O)cs3)c(CC3CC3)c2Cc2ccc([SH+](=O)O)c(F)c2)ccc1F.N. The molecule has 212 valence electrons. The molecule has 1 aliphatic rings. The lowest BCUT2D eigenvalue weighted by Gasteiger charge is -2.09. The summed E-state index contributed by atoms with van der Waals surface area (Å²) >= 11 is -1.70. The summed E-state index contributed by atoms with van der Waals surface area (Å²) < 4.78 is 51.8. The monoisotopic (exact) mass is 597 g/mol. The molecule has 2 aromatic carbocycles. The predicted octanol–water partition coefficient (Wildman–Crippen LogP) is 6.13. The zero-order valence-corrected chi connectivity index (χ0v) is 23.7. The summed E-state index contributed by atoms with van der Waals surface area (Å²) in [5.41, 5.74) is 3.79. The Bertz CT molecular complexity index is 1750. The van der Waals surface area contributed by atoms with Gasteiger partial charge in [-0.15, -0.1) is 11.3 Å². The number of allylic oxidation sites excluding steroid dienone is 1. The average Bonchev–Trinajstić information content (AvgIpc) is 3.46. The van der Waals surface area contributed by atoms with Gasteiger partial charge in [-0.2, -0.15) is 9.65 Å². The molecule has 4 aromatic rings. The van der Waals surface area contributed by atoms with E-state index in [0.29, 0.717) is 39.9 Å². The number of thiazole rings is 1. The molecule has 0 amide bonds. The van der Waals surface area contributed by atoms with E-state index in [1.165, 1.54) is 23.6 Å². The number of halogens is 2. The van der Waals surface area contributed by atoms with Crippen LogP contribution >= 0.6 is 11.3 Å². The van der Waals surface area contributed by atoms with Crippen molar-refractivity contribution in [2.24, 2.45) is 5.92 Å². The highest BCUT2D eigenvalue weighted by Crippen LogP contribution is 2.38. The molecule has 41 heavy (non-hydrogen) atoms. The molecule has 2 heterocycles. The maximum atomic E-state index is 14.7. The quantitative estimate of drug-likeness (QED) is 0.126. The van der Waals surface area contributed by atoms with Gasteiger partial charge in [-0.3, -0.25) is 0 Å². The number of aromatic carboxylic acids is 1. The average molecular weight is 598 g/mol. The van der Waals surface area contributed by atoms with Crippen molar-refractivity contribution in [1.82, 2.24) is 20.9 Å². The van der Waals surface area contributed by atoms with Crippen LogP contribution in [0.2, 0.25) is 0 Å². The number of carboxylic acid groups (broad SMARTS) is 1. The number of rotatable bonds is 8. The Kier molecular flexibility index (Phi) is 8.94. The maximum absolute atomic E-state index is 14.7. The second kappa shape index (κ2) is 12.2. The van der Waals surface area contributed by atoms with Gasteiger partial charge in [0, 0.05) is 22.9 Å². The van der Waals surface area contributed by atoms with Crippen LogP contribution in [-0.2, 0) is 28.1 Å². The molecular weight excluding hydrogens is 570 g/mol. The number of hydrogen-bond donors (Lipinski definition) is 3. The van der Waals surface area contributed by atoms with Gasteiger partial charge in [0.15, 0.2) is 11.5 Å². The summed E-state index contributed by atoms with van der Waals surface area (Å²) in [5, 5.41) is 16.1. The normalized spacial score (nSPS) is 13.2. The lowest BCUT2D eigenvalue weighted by Crippen LogP contribution is -2.06. The summed E-state index contributed by atoms with van der Waals surface area (Å²) in [7, 11) is 0. The van der Waals surface area contributed by atoms with Crippen molar-refractivity contribution < 1.29 is 27.4 Å². The van der Waals surface area contributed by atoms with E-state index in [9.17, 15) is 27.4 Å². The number of aromatic nitrogens is 3. The van der Waals surface area contributed by atoms with Crippen LogP contribution in [-0.4, -0.2) is 30.4 Å². The van der Waals surface area contributed by atoms with Crippen molar-refractivity contribution in [1.29, 1.82) is 0 Å². The number of hydrogen-bond acceptors (Lipinski definition) is 6. The molecule has 0 bridgehead atoms. The van der Waals surface area contributed by atoms with E-state index in [2.05, 4.69) is 23.4 Å². The fraction of sp³-hybridized carbons (Fsp3) is 0.207. The van der Waals surface area contributed by atoms with E-state index in [1.54, 1.807) is 29.8 Å². The minimum atomic E-state index is -2.84. The van der Waals surface area contributed by atoms with E-state index in [-0.39, 0.29) is 28.7 Å². The Balaban J connectivity index is 0.00000387. The molecule has 12 heteroatoms. The fourth-order valence-electron chi connectivity index (χ4n) is 4.29. The Morgan fingerprint density at radius 3 is 2.59 bits per heavy atom. The summed E-state index contributed by atoms with van der Waals surface area (Å²) in [5.74, 6) is 3.54. The molecule has 0 aliphatic heterocycles. The van der Waals surface area contributed by atoms with Gasteiger partial charge in [0.25, 0.3) is 0 Å². The number of carboxylic acids is 1. The van der Waals surface area contributed by atoms with E-state index < -0.39 is 28.7 Å². The van der Waals surface area contributed by atoms with Crippen molar-refractivity contribution in [3.63, 3.8) is 0 Å². The molecule has 0 radical (unpaired) electrons. The Morgan fingerprint density at radius 2 is 1.98 bits per heavy atom. The highest BCUT2D eigenvalue weighted by Gasteiger charge is 2.30. The maximum Gasteiger partial charge on any atom is 0.355 e. The van der Waals surface area contributed by atoms with Gasteiger partial charge in [-0.25, -0.2) is 23.2 Å². The third kappa shape index (κ3) is 6.66. The van der Waals surface area contributed by atoms with Crippen molar-refractivity contribution in [3.8, 4) is 28.2 Å². The fourth-order valence-corrected chi connectivity index (χ4v) is 5.51. The highest BCUT2D eigenvalue weighted by molar-refractivity contribution is 7.79. The first-order valence-corrected chi connectivity index (χ1v) is 14.4. The Morgan fingerprint density at radius 1 is 1.22 bits per heavy atom. The van der Waals surface area contributed by atoms with Crippen LogP contribution in [0.15, 0.2) is 58.8 Å². The third-order valence-electron chi connectivity index (χ3n) is 6.41. The van der Waals surface area contributed by atoms with Crippen LogP contribution < -0.4 is 6.15 Å². The first kappa shape index (κ1) is 30.0. The van der Waals surface area contributed by atoms with Crippen molar-refractivity contribution in [2.75, 3.05) is 0 Å². The summed E-state index contributed by atoms with van der Waals surface area (Å²) in [6, 6.07) is 8.58. The molecule has 5 rings (SSSR count). The van der Waals surface area contributed by atoms with Crippen LogP contribution in [0.25, 0.3) is 16.4 Å². The second-order valence-corrected chi connectivity index (χ2v) is 11.5. The molecule has 8 nitrogen and oxygen atoms in total. The molecule has 1 unspecified atom stereocenters. The largest absolute Gasteiger partial charge is 0.476 e. The van der Waals surface area contributed by atoms with Crippen LogP contribution in [0.5, 0.6) is 0 Å². The molecule has 1 fully saturated rings. The van der Waals surface area contributed by atoms with E-state index in [0.717, 1.165) is 35.4 Å². The van der Waals surface area contributed by atoms with Gasteiger partial charge < -0.3 is 11.3 Å². The van der Waals surface area contributed by atoms with Gasteiger partial charge in [0.2, 0.25) is 21.1 Å². The van der Waals surface area contributed by atoms with Crippen LogP contribution in [0.3, 0.4) is 0 Å². The molecular formula is C29H27F2N4O4S2+. The molecule has 0 saturated heterocycles. The Hall–Kier alpha value is -4.02. The Labute approximate surface area is 241 Å². The molecule has 5 N–H and O–H groups in total. The van der Waals surface area contributed by atoms with Crippen LogP contribution in [0, 0.1) is 29.4 Å². The molecule has 1 saturated carbocycles. The zero-order chi connectivity index (χ0) is 28.6. The topological polar surface area (TPSA) is 140 Å². The van der Waals surface area contributed by atoms with Gasteiger partial charge in [-0.05, 0) is 73.6 Å². The van der Waals surface area contributed by atoms with Crippen LogP contribution in [0.4, 0.5) is 8.78 Å². The zero-order valence-electron chi connectivity index (χ0n) is 22.0. The van der Waals surface area contributed by atoms with E-state index in [1.807, 2.05) is 0 Å². The van der Waals surface area contributed by atoms with Crippen molar-refractivity contribution in [2.45, 2.75) is 37.5 Å². The predicted molar refractivity (Wildman–Crippen MR) is 154 cm³/mol. The molecule has 1 aliphatic carbocycles. The van der Waals surface area contributed by atoms with Crippen molar-refractivity contribution in [3.05, 3.63) is 93.6 Å². The minimum Gasteiger partial charge on any atom is -0.476 e. The van der Waals surface area contributed by atoms with Crippen LogP contribution in [0.1, 0.15) is 52.6 Å². The molecule has 1 atom stereocenters. The number of nitrogens with zero attached hydrogens (tertiary/aromatic N) is 3. The van der Waals surface area contributed by atoms with E-state index >= 15 is 0 Å². The van der Waals surface area contributed by atoms with Gasteiger partial charge >= 0.3 is 5.97 Å². The van der Waals surface area contributed by atoms with Gasteiger partial charge in [0.05, 0.1) is 17.0 Å². The first-order chi connectivity index (χ1) is 19.1. The summed E-state index contributed by atoms with van der Waals surface area (Å²) in [6.07, 6.45) is 2.92. The third-order valence-corrected chi connectivity index (χ3v) is 8.00. The van der Waals surface area contributed by atoms with E-state index in [4.69, 9.17) is 5.10 Å². The lowest BCUT2D eigenvalue weighted by molar-refractivity contribution is 0.0691.